The quantitative estimate of drug-likeness (QED) is 0.479. The van der Waals surface area contributed by atoms with Crippen LogP contribution in [0.4, 0.5) is 11.6 Å². The number of hydrogen-bond donors (Lipinski definition) is 1. The topological polar surface area (TPSA) is 119 Å². The monoisotopic (exact) mass is 458 g/mol. The SMILES string of the molecule is C[C@@H]1CN(c2ccc(-c3noc(CN)n3)cc2)CCN1c1nc(-c2ccncc2)cc(=O)n1C. The molecule has 1 aliphatic heterocycles. The summed E-state index contributed by atoms with van der Waals surface area (Å²) in [6.07, 6.45) is 3.41. The Hall–Kier alpha value is -4.05. The fourth-order valence-corrected chi connectivity index (χ4v) is 4.22. The Morgan fingerprint density at radius 3 is 2.50 bits per heavy atom. The van der Waals surface area contributed by atoms with Crippen LogP contribution in [-0.4, -0.2) is 50.4 Å². The van der Waals surface area contributed by atoms with Crippen LogP contribution in [0.15, 0.2) is 64.2 Å². The predicted octanol–water partition coefficient (Wildman–Crippen LogP) is 2.07. The number of anilines is 2. The molecular weight excluding hydrogens is 432 g/mol. The molecule has 0 saturated carbocycles. The smallest absolute Gasteiger partial charge is 0.255 e. The summed E-state index contributed by atoms with van der Waals surface area (Å²) in [5.74, 6) is 1.63. The van der Waals surface area contributed by atoms with Crippen molar-refractivity contribution in [3.63, 3.8) is 0 Å². The van der Waals surface area contributed by atoms with Gasteiger partial charge in [0.1, 0.15) is 0 Å². The van der Waals surface area contributed by atoms with Crippen molar-refractivity contribution in [1.29, 1.82) is 0 Å². The normalized spacial score (nSPS) is 16.1. The lowest BCUT2D eigenvalue weighted by Gasteiger charge is -2.42. The third-order valence-electron chi connectivity index (χ3n) is 6.11. The van der Waals surface area contributed by atoms with Crippen molar-refractivity contribution >= 4 is 11.6 Å². The summed E-state index contributed by atoms with van der Waals surface area (Å²) in [7, 11) is 1.77. The molecule has 0 radical (unpaired) electrons. The molecule has 5 rings (SSSR count). The highest BCUT2D eigenvalue weighted by molar-refractivity contribution is 5.62. The van der Waals surface area contributed by atoms with Crippen molar-refractivity contribution in [3.8, 4) is 22.6 Å². The summed E-state index contributed by atoms with van der Waals surface area (Å²) < 4.78 is 6.72. The third-order valence-corrected chi connectivity index (χ3v) is 6.11. The summed E-state index contributed by atoms with van der Waals surface area (Å²) >= 11 is 0. The second-order valence-corrected chi connectivity index (χ2v) is 8.33. The zero-order chi connectivity index (χ0) is 23.7. The first-order valence-corrected chi connectivity index (χ1v) is 11.2. The molecule has 1 aromatic carbocycles. The van der Waals surface area contributed by atoms with Crippen LogP contribution in [0.5, 0.6) is 0 Å². The highest BCUT2D eigenvalue weighted by Gasteiger charge is 2.27. The van der Waals surface area contributed by atoms with Gasteiger partial charge in [-0.1, -0.05) is 5.16 Å². The molecule has 4 aromatic rings. The van der Waals surface area contributed by atoms with Gasteiger partial charge in [0.25, 0.3) is 5.56 Å². The highest BCUT2D eigenvalue weighted by Crippen LogP contribution is 2.26. The van der Waals surface area contributed by atoms with Crippen LogP contribution < -0.4 is 21.1 Å². The second-order valence-electron chi connectivity index (χ2n) is 8.33. The first kappa shape index (κ1) is 21.8. The van der Waals surface area contributed by atoms with E-state index in [1.54, 1.807) is 30.1 Å². The lowest BCUT2D eigenvalue weighted by molar-refractivity contribution is 0.380. The summed E-state index contributed by atoms with van der Waals surface area (Å²) in [4.78, 5) is 30.4. The van der Waals surface area contributed by atoms with Crippen LogP contribution >= 0.6 is 0 Å². The molecule has 0 unspecified atom stereocenters. The van der Waals surface area contributed by atoms with Gasteiger partial charge >= 0.3 is 0 Å². The van der Waals surface area contributed by atoms with E-state index in [1.165, 1.54) is 0 Å². The molecule has 3 aromatic heterocycles. The third kappa shape index (κ3) is 4.15. The Labute approximate surface area is 196 Å². The van der Waals surface area contributed by atoms with Crippen molar-refractivity contribution < 1.29 is 4.52 Å². The van der Waals surface area contributed by atoms with E-state index in [9.17, 15) is 4.79 Å². The fraction of sp³-hybridized carbons (Fsp3) is 0.292. The number of piperazine rings is 1. The number of rotatable bonds is 5. The number of benzene rings is 1. The molecule has 2 N–H and O–H groups in total. The van der Waals surface area contributed by atoms with Crippen molar-refractivity contribution in [1.82, 2.24) is 24.7 Å². The van der Waals surface area contributed by atoms with Crippen molar-refractivity contribution in [2.45, 2.75) is 19.5 Å². The van der Waals surface area contributed by atoms with Gasteiger partial charge in [-0.3, -0.25) is 14.3 Å². The van der Waals surface area contributed by atoms with E-state index in [-0.39, 0.29) is 18.1 Å². The van der Waals surface area contributed by atoms with E-state index in [2.05, 4.69) is 44.0 Å². The zero-order valence-corrected chi connectivity index (χ0v) is 19.1. The molecule has 10 nitrogen and oxygen atoms in total. The Kier molecular flexibility index (Phi) is 5.81. The molecular formula is C24H26N8O2. The van der Waals surface area contributed by atoms with Crippen LogP contribution in [0.1, 0.15) is 12.8 Å². The van der Waals surface area contributed by atoms with E-state index in [4.69, 9.17) is 15.2 Å². The van der Waals surface area contributed by atoms with E-state index < -0.39 is 0 Å². The first-order valence-electron chi connectivity index (χ1n) is 11.2. The number of nitrogens with zero attached hydrogens (tertiary/aromatic N) is 7. The molecule has 10 heteroatoms. The summed E-state index contributed by atoms with van der Waals surface area (Å²) in [6, 6.07) is 13.6. The Morgan fingerprint density at radius 2 is 1.82 bits per heavy atom. The number of aromatic nitrogens is 5. The van der Waals surface area contributed by atoms with Gasteiger partial charge in [-0.15, -0.1) is 0 Å². The standard InChI is InChI=1S/C24H26N8O2/c1-16-15-31(19-5-3-18(4-6-19)23-28-21(14-25)34-29-23)11-12-32(16)24-27-20(13-22(33)30(24)2)17-7-9-26-10-8-17/h3-10,13,16H,11-12,14-15,25H2,1-2H3/t16-/m1/s1. The Bertz CT molecular complexity index is 1330. The molecule has 1 atom stereocenters. The molecule has 0 spiro atoms. The fourth-order valence-electron chi connectivity index (χ4n) is 4.22. The molecule has 0 amide bonds. The lowest BCUT2D eigenvalue weighted by Crippen LogP contribution is -2.53. The molecule has 4 heterocycles. The Morgan fingerprint density at radius 1 is 1.06 bits per heavy atom. The minimum absolute atomic E-state index is 0.0821. The second kappa shape index (κ2) is 9.06. The van der Waals surface area contributed by atoms with Gasteiger partial charge in [0, 0.05) is 68.0 Å². The predicted molar refractivity (Wildman–Crippen MR) is 129 cm³/mol. The summed E-state index contributed by atoms with van der Waals surface area (Å²) in [5.41, 5.74) is 9.00. The zero-order valence-electron chi connectivity index (χ0n) is 19.1. The van der Waals surface area contributed by atoms with Gasteiger partial charge in [-0.2, -0.15) is 4.98 Å². The van der Waals surface area contributed by atoms with Crippen LogP contribution in [0, 0.1) is 0 Å². The number of hydrogen-bond acceptors (Lipinski definition) is 9. The maximum absolute atomic E-state index is 12.7. The summed E-state index contributed by atoms with van der Waals surface area (Å²) in [6.45, 7) is 4.72. The average molecular weight is 459 g/mol. The lowest BCUT2D eigenvalue weighted by atomic mass is 10.1. The van der Waals surface area contributed by atoms with Gasteiger partial charge in [-0.25, -0.2) is 4.98 Å². The molecule has 0 bridgehead atoms. The summed E-state index contributed by atoms with van der Waals surface area (Å²) in [5, 5.41) is 3.97. The van der Waals surface area contributed by atoms with Crippen molar-refractivity contribution in [2.24, 2.45) is 12.8 Å². The maximum atomic E-state index is 12.7. The number of pyridine rings is 1. The molecule has 0 aliphatic carbocycles. The molecule has 1 saturated heterocycles. The van der Waals surface area contributed by atoms with Gasteiger partial charge in [0.2, 0.25) is 17.7 Å². The minimum atomic E-state index is -0.0821. The highest BCUT2D eigenvalue weighted by atomic mass is 16.5. The van der Waals surface area contributed by atoms with Crippen LogP contribution in [0.25, 0.3) is 22.6 Å². The van der Waals surface area contributed by atoms with Crippen LogP contribution in [0.2, 0.25) is 0 Å². The van der Waals surface area contributed by atoms with E-state index in [0.717, 1.165) is 36.4 Å². The first-order chi connectivity index (χ1) is 16.5. The van der Waals surface area contributed by atoms with E-state index in [0.29, 0.717) is 23.4 Å². The van der Waals surface area contributed by atoms with Gasteiger partial charge < -0.3 is 20.1 Å². The largest absolute Gasteiger partial charge is 0.368 e. The van der Waals surface area contributed by atoms with Gasteiger partial charge in [0.15, 0.2) is 0 Å². The van der Waals surface area contributed by atoms with E-state index in [1.807, 2.05) is 24.3 Å². The molecule has 34 heavy (non-hydrogen) atoms. The minimum Gasteiger partial charge on any atom is -0.368 e. The van der Waals surface area contributed by atoms with Crippen LogP contribution in [-0.2, 0) is 13.6 Å². The van der Waals surface area contributed by atoms with Crippen molar-refractivity contribution in [2.75, 3.05) is 29.4 Å². The maximum Gasteiger partial charge on any atom is 0.255 e. The Balaban J connectivity index is 1.34. The average Bonchev–Trinajstić information content (AvgIpc) is 3.36. The number of nitrogens with two attached hydrogens (primary N) is 1. The molecule has 174 valence electrons. The van der Waals surface area contributed by atoms with Crippen LogP contribution in [0.3, 0.4) is 0 Å². The van der Waals surface area contributed by atoms with E-state index >= 15 is 0 Å². The van der Waals surface area contributed by atoms with Gasteiger partial charge in [-0.05, 0) is 43.3 Å². The molecule has 1 aliphatic rings. The van der Waals surface area contributed by atoms with Crippen molar-refractivity contribution in [3.05, 3.63) is 71.1 Å². The van der Waals surface area contributed by atoms with Gasteiger partial charge in [0.05, 0.1) is 12.2 Å². The molecule has 1 fully saturated rings.